The Morgan fingerprint density at radius 2 is 1.85 bits per heavy atom. The highest BCUT2D eigenvalue weighted by atomic mass is 35.5. The Labute approximate surface area is 163 Å². The number of rotatable bonds is 7. The van der Waals surface area contributed by atoms with E-state index in [-0.39, 0.29) is 12.5 Å². The molecule has 0 fully saturated rings. The van der Waals surface area contributed by atoms with Crippen LogP contribution in [0.1, 0.15) is 31.4 Å². The van der Waals surface area contributed by atoms with Crippen LogP contribution in [-0.2, 0) is 9.59 Å². The van der Waals surface area contributed by atoms with Gasteiger partial charge < -0.3 is 10.1 Å². The van der Waals surface area contributed by atoms with E-state index in [1.165, 1.54) is 6.21 Å². The summed E-state index contributed by atoms with van der Waals surface area (Å²) in [7, 11) is 0. The SMILES string of the molecule is Cc1ccc(NC(=O)CC(=O)NN=Cc2cc(Cl)ccc2OC(C)C)cc1. The summed E-state index contributed by atoms with van der Waals surface area (Å²) in [5.74, 6) is -0.341. The van der Waals surface area contributed by atoms with Crippen molar-refractivity contribution in [1.82, 2.24) is 5.43 Å². The minimum atomic E-state index is -0.524. The zero-order valence-electron chi connectivity index (χ0n) is 15.5. The van der Waals surface area contributed by atoms with Crippen molar-refractivity contribution in [3.05, 3.63) is 58.6 Å². The molecule has 0 saturated heterocycles. The lowest BCUT2D eigenvalue weighted by atomic mass is 10.2. The normalized spacial score (nSPS) is 10.9. The molecule has 142 valence electrons. The topological polar surface area (TPSA) is 79.8 Å². The highest BCUT2D eigenvalue weighted by Crippen LogP contribution is 2.22. The van der Waals surface area contributed by atoms with E-state index in [0.717, 1.165) is 5.56 Å². The van der Waals surface area contributed by atoms with E-state index in [9.17, 15) is 9.59 Å². The van der Waals surface area contributed by atoms with Crippen LogP contribution >= 0.6 is 11.6 Å². The first-order chi connectivity index (χ1) is 12.8. The third-order valence-corrected chi connectivity index (χ3v) is 3.62. The molecule has 0 unspecified atom stereocenters. The molecule has 6 nitrogen and oxygen atoms in total. The van der Waals surface area contributed by atoms with E-state index in [2.05, 4.69) is 15.8 Å². The van der Waals surface area contributed by atoms with Crippen LogP contribution < -0.4 is 15.5 Å². The minimum Gasteiger partial charge on any atom is -0.490 e. The van der Waals surface area contributed by atoms with E-state index >= 15 is 0 Å². The van der Waals surface area contributed by atoms with Gasteiger partial charge in [-0.1, -0.05) is 29.3 Å². The Morgan fingerprint density at radius 1 is 1.15 bits per heavy atom. The van der Waals surface area contributed by atoms with Crippen LogP contribution in [0.15, 0.2) is 47.6 Å². The van der Waals surface area contributed by atoms with Crippen LogP contribution in [0.3, 0.4) is 0 Å². The number of aryl methyl sites for hydroxylation is 1. The van der Waals surface area contributed by atoms with Gasteiger partial charge in [-0.3, -0.25) is 9.59 Å². The number of ether oxygens (including phenoxy) is 1. The molecule has 2 N–H and O–H groups in total. The van der Waals surface area contributed by atoms with Crippen molar-refractivity contribution < 1.29 is 14.3 Å². The molecule has 0 aromatic heterocycles. The van der Waals surface area contributed by atoms with Crippen LogP contribution in [0.25, 0.3) is 0 Å². The zero-order chi connectivity index (χ0) is 19.8. The van der Waals surface area contributed by atoms with E-state index in [1.807, 2.05) is 32.9 Å². The van der Waals surface area contributed by atoms with Crippen LogP contribution in [0, 0.1) is 6.92 Å². The summed E-state index contributed by atoms with van der Waals surface area (Å²) in [4.78, 5) is 23.8. The fraction of sp³-hybridized carbons (Fsp3) is 0.250. The third kappa shape index (κ3) is 7.11. The molecular weight excluding hydrogens is 366 g/mol. The van der Waals surface area contributed by atoms with Gasteiger partial charge in [0, 0.05) is 16.3 Å². The summed E-state index contributed by atoms with van der Waals surface area (Å²) in [6, 6.07) is 12.4. The molecule has 0 spiro atoms. The number of anilines is 1. The second kappa shape index (κ2) is 9.73. The van der Waals surface area contributed by atoms with Crippen LogP contribution in [-0.4, -0.2) is 24.1 Å². The summed E-state index contributed by atoms with van der Waals surface area (Å²) >= 11 is 5.99. The molecule has 0 radical (unpaired) electrons. The molecule has 0 aliphatic rings. The third-order valence-electron chi connectivity index (χ3n) is 3.38. The Morgan fingerprint density at radius 3 is 2.52 bits per heavy atom. The van der Waals surface area contributed by atoms with E-state index in [1.54, 1.807) is 30.3 Å². The average molecular weight is 388 g/mol. The number of halogens is 1. The second-order valence-electron chi connectivity index (χ2n) is 6.23. The fourth-order valence-corrected chi connectivity index (χ4v) is 2.36. The van der Waals surface area contributed by atoms with Gasteiger partial charge in [0.1, 0.15) is 12.2 Å². The summed E-state index contributed by atoms with van der Waals surface area (Å²) in [6.07, 6.45) is 1.08. The van der Waals surface area contributed by atoms with Crippen molar-refractivity contribution in [3.8, 4) is 5.75 Å². The van der Waals surface area contributed by atoms with Crippen molar-refractivity contribution in [3.63, 3.8) is 0 Å². The quantitative estimate of drug-likeness (QED) is 0.429. The number of hydrogen-bond acceptors (Lipinski definition) is 4. The lowest BCUT2D eigenvalue weighted by Crippen LogP contribution is -2.24. The molecule has 0 atom stereocenters. The molecular formula is C20H22ClN3O3. The van der Waals surface area contributed by atoms with Gasteiger partial charge in [0.05, 0.1) is 12.3 Å². The summed E-state index contributed by atoms with van der Waals surface area (Å²) in [6.45, 7) is 5.77. The van der Waals surface area contributed by atoms with Gasteiger partial charge in [0.25, 0.3) is 0 Å². The van der Waals surface area contributed by atoms with Crippen LogP contribution in [0.5, 0.6) is 5.75 Å². The number of hydrazone groups is 1. The maximum Gasteiger partial charge on any atom is 0.249 e. The summed E-state index contributed by atoms with van der Waals surface area (Å²) in [5.41, 5.74) is 4.67. The van der Waals surface area contributed by atoms with Crippen molar-refractivity contribution in [2.75, 3.05) is 5.32 Å². The standard InChI is InChI=1S/C20H22ClN3O3/c1-13(2)27-18-9-6-16(21)10-15(18)12-22-24-20(26)11-19(25)23-17-7-4-14(3)5-8-17/h4-10,12-13H,11H2,1-3H3,(H,23,25)(H,24,26). The molecule has 7 heteroatoms. The summed E-state index contributed by atoms with van der Waals surface area (Å²) in [5, 5.41) is 7.06. The highest BCUT2D eigenvalue weighted by molar-refractivity contribution is 6.30. The Hall–Kier alpha value is -2.86. The largest absolute Gasteiger partial charge is 0.490 e. The predicted molar refractivity (Wildman–Crippen MR) is 107 cm³/mol. The molecule has 0 aliphatic carbocycles. The molecule has 27 heavy (non-hydrogen) atoms. The molecule has 2 rings (SSSR count). The molecule has 2 amide bonds. The fourth-order valence-electron chi connectivity index (χ4n) is 2.18. The number of nitrogens with zero attached hydrogens (tertiary/aromatic N) is 1. The van der Waals surface area contributed by atoms with Gasteiger partial charge in [0.2, 0.25) is 11.8 Å². The van der Waals surface area contributed by atoms with Crippen molar-refractivity contribution in [1.29, 1.82) is 0 Å². The molecule has 0 aliphatic heterocycles. The maximum atomic E-state index is 11.9. The van der Waals surface area contributed by atoms with Crippen molar-refractivity contribution in [2.24, 2.45) is 5.10 Å². The van der Waals surface area contributed by atoms with Crippen molar-refractivity contribution >= 4 is 35.3 Å². The van der Waals surface area contributed by atoms with Gasteiger partial charge in [-0.25, -0.2) is 5.43 Å². The molecule has 0 saturated carbocycles. The summed E-state index contributed by atoms with van der Waals surface area (Å²) < 4.78 is 5.67. The number of nitrogens with one attached hydrogen (secondary N) is 2. The van der Waals surface area contributed by atoms with Crippen LogP contribution in [0.2, 0.25) is 5.02 Å². The number of benzene rings is 2. The first-order valence-electron chi connectivity index (χ1n) is 8.48. The number of hydrogen-bond donors (Lipinski definition) is 2. The van der Waals surface area contributed by atoms with Gasteiger partial charge in [-0.15, -0.1) is 0 Å². The van der Waals surface area contributed by atoms with Gasteiger partial charge in [-0.2, -0.15) is 5.10 Å². The first-order valence-corrected chi connectivity index (χ1v) is 8.86. The lowest BCUT2D eigenvalue weighted by Gasteiger charge is -2.12. The van der Waals surface area contributed by atoms with Gasteiger partial charge in [0.15, 0.2) is 0 Å². The van der Waals surface area contributed by atoms with E-state index in [0.29, 0.717) is 22.0 Å². The Balaban J connectivity index is 1.90. The number of amides is 2. The number of carbonyl (C=O) groups excluding carboxylic acids is 2. The number of carbonyl (C=O) groups is 2. The second-order valence-corrected chi connectivity index (χ2v) is 6.67. The Bertz CT molecular complexity index is 833. The predicted octanol–water partition coefficient (Wildman–Crippen LogP) is 3.91. The van der Waals surface area contributed by atoms with Crippen LogP contribution in [0.4, 0.5) is 5.69 Å². The zero-order valence-corrected chi connectivity index (χ0v) is 16.2. The lowest BCUT2D eigenvalue weighted by molar-refractivity contribution is -0.126. The first kappa shape index (κ1) is 20.5. The Kier molecular flexibility index (Phi) is 7.37. The average Bonchev–Trinajstić information content (AvgIpc) is 2.59. The van der Waals surface area contributed by atoms with Gasteiger partial charge in [-0.05, 0) is 51.1 Å². The minimum absolute atomic E-state index is 0.0154. The highest BCUT2D eigenvalue weighted by Gasteiger charge is 2.09. The van der Waals surface area contributed by atoms with Gasteiger partial charge >= 0.3 is 0 Å². The molecule has 2 aromatic carbocycles. The smallest absolute Gasteiger partial charge is 0.249 e. The van der Waals surface area contributed by atoms with Crippen molar-refractivity contribution in [2.45, 2.75) is 33.3 Å². The maximum absolute atomic E-state index is 11.9. The molecule has 2 aromatic rings. The molecule has 0 bridgehead atoms. The molecule has 0 heterocycles. The van der Waals surface area contributed by atoms with E-state index < -0.39 is 11.8 Å². The van der Waals surface area contributed by atoms with E-state index in [4.69, 9.17) is 16.3 Å². The monoisotopic (exact) mass is 387 g/mol.